The quantitative estimate of drug-likeness (QED) is 0.669. The second-order valence-electron chi connectivity index (χ2n) is 6.00. The Kier molecular flexibility index (Phi) is 4.43. The van der Waals surface area contributed by atoms with E-state index in [2.05, 4.69) is 11.1 Å². The smallest absolute Gasteiger partial charge is 0.269 e. The van der Waals surface area contributed by atoms with Crippen molar-refractivity contribution in [2.24, 2.45) is 0 Å². The molecular formula is C18H18N4O2. The molecule has 0 fully saturated rings. The average Bonchev–Trinajstić information content (AvgIpc) is 2.56. The first-order valence-electron chi connectivity index (χ1n) is 8.08. The first kappa shape index (κ1) is 15.9. The van der Waals surface area contributed by atoms with E-state index in [1.807, 2.05) is 0 Å². The van der Waals surface area contributed by atoms with Crippen molar-refractivity contribution < 1.29 is 4.92 Å². The zero-order valence-electron chi connectivity index (χ0n) is 13.3. The van der Waals surface area contributed by atoms with Crippen molar-refractivity contribution in [3.8, 4) is 17.2 Å². The van der Waals surface area contributed by atoms with E-state index < -0.39 is 4.92 Å². The van der Waals surface area contributed by atoms with E-state index >= 15 is 0 Å². The van der Waals surface area contributed by atoms with Gasteiger partial charge in [-0.1, -0.05) is 12.8 Å². The zero-order chi connectivity index (χ0) is 17.1. The third kappa shape index (κ3) is 2.93. The molecule has 0 radical (unpaired) electrons. The van der Waals surface area contributed by atoms with Crippen LogP contribution in [-0.4, -0.2) is 9.91 Å². The number of aromatic nitrogens is 1. The molecule has 0 aliphatic heterocycles. The van der Waals surface area contributed by atoms with Gasteiger partial charge in [0, 0.05) is 23.4 Å². The number of nitrogen functional groups attached to an aromatic ring is 1. The summed E-state index contributed by atoms with van der Waals surface area (Å²) in [5.74, 6) is 0.241. The highest BCUT2D eigenvalue weighted by Gasteiger charge is 2.21. The average molecular weight is 322 g/mol. The summed E-state index contributed by atoms with van der Waals surface area (Å²) < 4.78 is 0. The van der Waals surface area contributed by atoms with Crippen LogP contribution in [0.25, 0.3) is 11.1 Å². The summed E-state index contributed by atoms with van der Waals surface area (Å²) in [7, 11) is 0. The molecule has 122 valence electrons. The molecule has 0 spiro atoms. The van der Waals surface area contributed by atoms with Crippen LogP contribution in [-0.2, 0) is 12.8 Å². The van der Waals surface area contributed by atoms with Gasteiger partial charge in [-0.05, 0) is 48.9 Å². The van der Waals surface area contributed by atoms with Gasteiger partial charge in [0.2, 0.25) is 0 Å². The van der Waals surface area contributed by atoms with Gasteiger partial charge in [-0.15, -0.1) is 0 Å². The molecule has 2 N–H and O–H groups in total. The van der Waals surface area contributed by atoms with E-state index in [9.17, 15) is 15.4 Å². The molecule has 1 aliphatic rings. The molecule has 0 bridgehead atoms. The molecule has 6 heteroatoms. The number of hydrogen-bond donors (Lipinski definition) is 1. The molecule has 0 saturated carbocycles. The van der Waals surface area contributed by atoms with Crippen LogP contribution >= 0.6 is 0 Å². The largest absolute Gasteiger partial charge is 0.383 e. The van der Waals surface area contributed by atoms with Gasteiger partial charge in [0.05, 0.1) is 4.92 Å². The highest BCUT2D eigenvalue weighted by molar-refractivity contribution is 5.79. The molecular weight excluding hydrogens is 304 g/mol. The first-order valence-corrected chi connectivity index (χ1v) is 8.08. The summed E-state index contributed by atoms with van der Waals surface area (Å²) >= 11 is 0. The molecule has 0 saturated heterocycles. The fraction of sp³-hybridized carbons (Fsp3) is 0.333. The van der Waals surface area contributed by atoms with Gasteiger partial charge in [-0.3, -0.25) is 10.1 Å². The van der Waals surface area contributed by atoms with Gasteiger partial charge >= 0.3 is 0 Å². The SMILES string of the molecule is N#Cc1c(N)nc2c(c1-c1ccc([N+](=O)[O-])cc1)CCCCCC2. The topological polar surface area (TPSA) is 106 Å². The molecule has 1 aliphatic carbocycles. The number of rotatable bonds is 2. The summed E-state index contributed by atoms with van der Waals surface area (Å²) in [5, 5.41) is 20.4. The number of nitrogens with two attached hydrogens (primary N) is 1. The Hall–Kier alpha value is -2.94. The third-order valence-electron chi connectivity index (χ3n) is 4.48. The van der Waals surface area contributed by atoms with Crippen LogP contribution in [0.2, 0.25) is 0 Å². The summed E-state index contributed by atoms with van der Waals surface area (Å²) in [5.41, 5.74) is 10.0. The second kappa shape index (κ2) is 6.67. The van der Waals surface area contributed by atoms with E-state index in [0.29, 0.717) is 5.56 Å². The molecule has 6 nitrogen and oxygen atoms in total. The molecule has 1 aromatic heterocycles. The second-order valence-corrected chi connectivity index (χ2v) is 6.00. The lowest BCUT2D eigenvalue weighted by Gasteiger charge is -2.19. The van der Waals surface area contributed by atoms with Crippen LogP contribution in [0.5, 0.6) is 0 Å². The predicted molar refractivity (Wildman–Crippen MR) is 91.3 cm³/mol. The molecule has 0 unspecified atom stereocenters. The number of benzene rings is 1. The minimum absolute atomic E-state index is 0.0298. The van der Waals surface area contributed by atoms with Crippen LogP contribution in [0.1, 0.15) is 42.5 Å². The van der Waals surface area contributed by atoms with Gasteiger partial charge in [-0.2, -0.15) is 5.26 Å². The number of non-ortho nitro benzene ring substituents is 1. The normalized spacial score (nSPS) is 14.1. The summed E-state index contributed by atoms with van der Waals surface area (Å²) in [4.78, 5) is 14.9. The van der Waals surface area contributed by atoms with Crippen molar-refractivity contribution in [2.75, 3.05) is 5.73 Å². The molecule has 1 aromatic carbocycles. The Morgan fingerprint density at radius 3 is 2.42 bits per heavy atom. The number of nitriles is 1. The molecule has 1 heterocycles. The standard InChI is InChI=1S/C18H18N4O2/c19-11-15-17(12-7-9-13(10-8-12)22(23)24)14-5-3-1-2-4-6-16(14)21-18(15)20/h7-10H,1-6H2,(H2,20,21). The number of fused-ring (bicyclic) bond motifs is 1. The lowest BCUT2D eigenvalue weighted by molar-refractivity contribution is -0.384. The van der Waals surface area contributed by atoms with Crippen LogP contribution in [0.3, 0.4) is 0 Å². The highest BCUT2D eigenvalue weighted by Crippen LogP contribution is 2.35. The molecule has 24 heavy (non-hydrogen) atoms. The van der Waals surface area contributed by atoms with Crippen molar-refractivity contribution in [3.63, 3.8) is 0 Å². The van der Waals surface area contributed by atoms with Gasteiger partial charge in [0.1, 0.15) is 17.5 Å². The molecule has 0 atom stereocenters. The van der Waals surface area contributed by atoms with Crippen LogP contribution in [0.4, 0.5) is 11.5 Å². The molecule has 2 aromatic rings. The molecule has 3 rings (SSSR count). The zero-order valence-corrected chi connectivity index (χ0v) is 13.3. The van der Waals surface area contributed by atoms with Gasteiger partial charge in [0.15, 0.2) is 0 Å². The maximum atomic E-state index is 10.9. The maximum absolute atomic E-state index is 10.9. The van der Waals surface area contributed by atoms with E-state index in [1.54, 1.807) is 12.1 Å². The third-order valence-corrected chi connectivity index (χ3v) is 4.48. The van der Waals surface area contributed by atoms with Crippen molar-refractivity contribution in [1.29, 1.82) is 5.26 Å². The Morgan fingerprint density at radius 1 is 1.12 bits per heavy atom. The van der Waals surface area contributed by atoms with E-state index in [4.69, 9.17) is 5.73 Å². The molecule has 0 amide bonds. The maximum Gasteiger partial charge on any atom is 0.269 e. The van der Waals surface area contributed by atoms with Crippen molar-refractivity contribution in [2.45, 2.75) is 38.5 Å². The van der Waals surface area contributed by atoms with E-state index in [1.165, 1.54) is 18.6 Å². The number of hydrogen-bond acceptors (Lipinski definition) is 5. The fourth-order valence-corrected chi connectivity index (χ4v) is 3.30. The number of aryl methyl sites for hydroxylation is 1. The minimum atomic E-state index is -0.430. The van der Waals surface area contributed by atoms with Crippen molar-refractivity contribution in [1.82, 2.24) is 4.98 Å². The fourth-order valence-electron chi connectivity index (χ4n) is 3.30. The van der Waals surface area contributed by atoms with Gasteiger partial charge in [0.25, 0.3) is 5.69 Å². The Bertz CT molecular complexity index is 822. The van der Waals surface area contributed by atoms with E-state index in [-0.39, 0.29) is 11.5 Å². The number of nitro benzene ring substituents is 1. The summed E-state index contributed by atoms with van der Waals surface area (Å²) in [6, 6.07) is 8.46. The van der Waals surface area contributed by atoms with Crippen LogP contribution < -0.4 is 5.73 Å². The van der Waals surface area contributed by atoms with E-state index in [0.717, 1.165) is 54.5 Å². The Morgan fingerprint density at radius 2 is 1.79 bits per heavy atom. The van der Waals surface area contributed by atoms with Crippen molar-refractivity contribution >= 4 is 11.5 Å². The number of nitro groups is 1. The minimum Gasteiger partial charge on any atom is -0.383 e. The van der Waals surface area contributed by atoms with Crippen LogP contribution in [0.15, 0.2) is 24.3 Å². The number of anilines is 1. The highest BCUT2D eigenvalue weighted by atomic mass is 16.6. The first-order chi connectivity index (χ1) is 11.6. The summed E-state index contributed by atoms with van der Waals surface area (Å²) in [6.45, 7) is 0. The predicted octanol–water partition coefficient (Wildman–Crippen LogP) is 3.77. The Balaban J connectivity index is 2.20. The Labute approximate surface area is 140 Å². The number of pyridine rings is 1. The monoisotopic (exact) mass is 322 g/mol. The number of nitrogens with zero attached hydrogens (tertiary/aromatic N) is 3. The van der Waals surface area contributed by atoms with Gasteiger partial charge in [-0.25, -0.2) is 4.98 Å². The lowest BCUT2D eigenvalue weighted by atomic mass is 9.88. The van der Waals surface area contributed by atoms with Gasteiger partial charge < -0.3 is 5.73 Å². The van der Waals surface area contributed by atoms with Crippen LogP contribution in [0, 0.1) is 21.4 Å². The summed E-state index contributed by atoms with van der Waals surface area (Å²) in [6.07, 6.45) is 6.14. The van der Waals surface area contributed by atoms with Crippen molar-refractivity contribution in [3.05, 3.63) is 51.2 Å². The lowest BCUT2D eigenvalue weighted by Crippen LogP contribution is -2.10.